The Kier molecular flexibility index (Phi) is 4.93. The van der Waals surface area contributed by atoms with E-state index in [-0.39, 0.29) is 0 Å². The van der Waals surface area contributed by atoms with Gasteiger partial charge in [0.05, 0.1) is 11.9 Å². The van der Waals surface area contributed by atoms with Gasteiger partial charge in [0.25, 0.3) is 0 Å². The molecule has 6 nitrogen and oxygen atoms in total. The van der Waals surface area contributed by atoms with Crippen molar-refractivity contribution < 1.29 is 0 Å². The second-order valence-corrected chi connectivity index (χ2v) is 6.79. The number of aromatic nitrogens is 4. The molecule has 0 bridgehead atoms. The first-order chi connectivity index (χ1) is 12.8. The number of para-hydroxylation sites is 1. The van der Waals surface area contributed by atoms with Gasteiger partial charge in [-0.2, -0.15) is 5.10 Å². The Morgan fingerprint density at radius 3 is 2.85 bits per heavy atom. The smallest absolute Gasteiger partial charge is 0.225 e. The van der Waals surface area contributed by atoms with Crippen LogP contribution >= 0.6 is 0 Å². The SMILES string of the molecule is Cc1ccccc1-n1cc(CNC2CCCN(c3ncccn3)C2)cn1. The highest BCUT2D eigenvalue weighted by atomic mass is 15.3. The van der Waals surface area contributed by atoms with E-state index in [4.69, 9.17) is 0 Å². The average Bonchev–Trinajstić information content (AvgIpc) is 3.16. The van der Waals surface area contributed by atoms with Crippen LogP contribution in [0.25, 0.3) is 5.69 Å². The van der Waals surface area contributed by atoms with Crippen LogP contribution in [0.2, 0.25) is 0 Å². The highest BCUT2D eigenvalue weighted by molar-refractivity contribution is 5.39. The maximum absolute atomic E-state index is 4.52. The molecule has 1 fully saturated rings. The number of nitrogens with zero attached hydrogens (tertiary/aromatic N) is 5. The molecule has 0 spiro atoms. The monoisotopic (exact) mass is 348 g/mol. The molecule has 0 saturated carbocycles. The molecule has 1 unspecified atom stereocenters. The van der Waals surface area contributed by atoms with E-state index >= 15 is 0 Å². The van der Waals surface area contributed by atoms with Crippen LogP contribution in [0.4, 0.5) is 5.95 Å². The lowest BCUT2D eigenvalue weighted by Crippen LogP contribution is -2.46. The van der Waals surface area contributed by atoms with E-state index in [1.54, 1.807) is 12.4 Å². The molecule has 134 valence electrons. The summed E-state index contributed by atoms with van der Waals surface area (Å²) in [5, 5.41) is 8.19. The molecule has 0 radical (unpaired) electrons. The molecular weight excluding hydrogens is 324 g/mol. The third-order valence-electron chi connectivity index (χ3n) is 4.85. The molecule has 0 aliphatic carbocycles. The zero-order chi connectivity index (χ0) is 17.8. The molecule has 2 aromatic heterocycles. The van der Waals surface area contributed by atoms with Crippen LogP contribution in [0, 0.1) is 6.92 Å². The van der Waals surface area contributed by atoms with Gasteiger partial charge in [0, 0.05) is 49.8 Å². The van der Waals surface area contributed by atoms with E-state index in [1.165, 1.54) is 17.5 Å². The van der Waals surface area contributed by atoms with Crippen molar-refractivity contribution >= 4 is 5.95 Å². The summed E-state index contributed by atoms with van der Waals surface area (Å²) < 4.78 is 1.96. The minimum absolute atomic E-state index is 0.439. The van der Waals surface area contributed by atoms with Gasteiger partial charge in [-0.15, -0.1) is 0 Å². The van der Waals surface area contributed by atoms with Crippen LogP contribution in [0.15, 0.2) is 55.1 Å². The molecule has 6 heteroatoms. The highest BCUT2D eigenvalue weighted by Gasteiger charge is 2.21. The fourth-order valence-electron chi connectivity index (χ4n) is 3.45. The second kappa shape index (κ2) is 7.66. The van der Waals surface area contributed by atoms with Crippen molar-refractivity contribution in [2.75, 3.05) is 18.0 Å². The lowest BCUT2D eigenvalue weighted by Gasteiger charge is -2.33. The molecule has 4 rings (SSSR count). The highest BCUT2D eigenvalue weighted by Crippen LogP contribution is 2.16. The van der Waals surface area contributed by atoms with Crippen LogP contribution in [-0.2, 0) is 6.54 Å². The lowest BCUT2D eigenvalue weighted by atomic mass is 10.1. The van der Waals surface area contributed by atoms with Gasteiger partial charge in [-0.25, -0.2) is 14.6 Å². The van der Waals surface area contributed by atoms with Crippen LogP contribution in [0.3, 0.4) is 0 Å². The van der Waals surface area contributed by atoms with Crippen molar-refractivity contribution in [3.63, 3.8) is 0 Å². The van der Waals surface area contributed by atoms with Gasteiger partial charge in [-0.1, -0.05) is 18.2 Å². The number of rotatable bonds is 5. The maximum Gasteiger partial charge on any atom is 0.225 e. The number of anilines is 1. The standard InChI is InChI=1S/C20H24N6/c1-16-6-2-3-8-19(16)26-14-17(13-24-26)12-23-18-7-4-11-25(15-18)20-21-9-5-10-22-20/h2-3,5-6,8-10,13-14,18,23H,4,7,11-12,15H2,1H3. The summed E-state index contributed by atoms with van der Waals surface area (Å²) in [6, 6.07) is 10.6. The van der Waals surface area contributed by atoms with Crippen molar-refractivity contribution in [1.29, 1.82) is 0 Å². The van der Waals surface area contributed by atoms with Gasteiger partial charge in [-0.3, -0.25) is 0 Å². The molecule has 26 heavy (non-hydrogen) atoms. The molecule has 1 atom stereocenters. The molecular formula is C20H24N6. The largest absolute Gasteiger partial charge is 0.339 e. The van der Waals surface area contributed by atoms with Crippen molar-refractivity contribution in [3.05, 3.63) is 66.2 Å². The van der Waals surface area contributed by atoms with E-state index in [1.807, 2.05) is 23.0 Å². The summed E-state index contributed by atoms with van der Waals surface area (Å²) in [5.74, 6) is 0.825. The Morgan fingerprint density at radius 2 is 2.00 bits per heavy atom. The number of aryl methyl sites for hydroxylation is 1. The topological polar surface area (TPSA) is 58.9 Å². The van der Waals surface area contributed by atoms with Crippen LogP contribution in [-0.4, -0.2) is 38.9 Å². The third-order valence-corrected chi connectivity index (χ3v) is 4.85. The fourth-order valence-corrected chi connectivity index (χ4v) is 3.45. The van der Waals surface area contributed by atoms with E-state index in [0.717, 1.165) is 37.7 Å². The normalized spacial score (nSPS) is 17.4. The minimum Gasteiger partial charge on any atom is -0.339 e. The minimum atomic E-state index is 0.439. The van der Waals surface area contributed by atoms with E-state index in [0.29, 0.717) is 6.04 Å². The zero-order valence-corrected chi connectivity index (χ0v) is 15.0. The number of nitrogens with one attached hydrogen (secondary N) is 1. The molecule has 0 amide bonds. The third kappa shape index (κ3) is 3.75. The Labute approximate surface area is 153 Å². The van der Waals surface area contributed by atoms with Crippen molar-refractivity contribution in [3.8, 4) is 5.69 Å². The predicted octanol–water partition coefficient (Wildman–Crippen LogP) is 2.73. The molecule has 1 saturated heterocycles. The van der Waals surface area contributed by atoms with E-state index in [9.17, 15) is 0 Å². The first kappa shape index (κ1) is 16.7. The zero-order valence-electron chi connectivity index (χ0n) is 15.0. The average molecular weight is 348 g/mol. The van der Waals surface area contributed by atoms with Gasteiger partial charge in [0.1, 0.15) is 0 Å². The van der Waals surface area contributed by atoms with Crippen molar-refractivity contribution in [1.82, 2.24) is 25.1 Å². The maximum atomic E-state index is 4.52. The first-order valence-electron chi connectivity index (χ1n) is 9.14. The Hall–Kier alpha value is -2.73. The summed E-state index contributed by atoms with van der Waals surface area (Å²) in [5.41, 5.74) is 3.55. The molecule has 1 aliphatic heterocycles. The van der Waals surface area contributed by atoms with E-state index in [2.05, 4.69) is 56.6 Å². The van der Waals surface area contributed by atoms with Crippen molar-refractivity contribution in [2.45, 2.75) is 32.4 Å². The Morgan fingerprint density at radius 1 is 1.15 bits per heavy atom. The number of hydrogen-bond acceptors (Lipinski definition) is 5. The molecule has 3 heterocycles. The summed E-state index contributed by atoms with van der Waals surface area (Å²) in [6.45, 7) is 4.89. The second-order valence-electron chi connectivity index (χ2n) is 6.79. The van der Waals surface area contributed by atoms with Gasteiger partial charge in [0.15, 0.2) is 0 Å². The Bertz CT molecular complexity index is 844. The summed E-state index contributed by atoms with van der Waals surface area (Å²) in [6.07, 6.45) is 9.99. The first-order valence-corrected chi connectivity index (χ1v) is 9.14. The van der Waals surface area contributed by atoms with Gasteiger partial charge in [0.2, 0.25) is 5.95 Å². The summed E-state index contributed by atoms with van der Waals surface area (Å²) >= 11 is 0. The summed E-state index contributed by atoms with van der Waals surface area (Å²) in [4.78, 5) is 11.0. The number of hydrogen-bond donors (Lipinski definition) is 1. The number of piperidine rings is 1. The van der Waals surface area contributed by atoms with Crippen LogP contribution in [0.1, 0.15) is 24.0 Å². The molecule has 1 N–H and O–H groups in total. The van der Waals surface area contributed by atoms with Crippen LogP contribution < -0.4 is 10.2 Å². The van der Waals surface area contributed by atoms with Gasteiger partial charge >= 0.3 is 0 Å². The van der Waals surface area contributed by atoms with Gasteiger partial charge < -0.3 is 10.2 Å². The summed E-state index contributed by atoms with van der Waals surface area (Å²) in [7, 11) is 0. The number of benzene rings is 1. The molecule has 1 aromatic carbocycles. The van der Waals surface area contributed by atoms with Gasteiger partial charge in [-0.05, 0) is 37.5 Å². The van der Waals surface area contributed by atoms with E-state index < -0.39 is 0 Å². The van der Waals surface area contributed by atoms with Crippen molar-refractivity contribution in [2.24, 2.45) is 0 Å². The quantitative estimate of drug-likeness (QED) is 0.768. The molecule has 3 aromatic rings. The predicted molar refractivity (Wildman–Crippen MR) is 102 cm³/mol. The Balaban J connectivity index is 1.36. The molecule has 1 aliphatic rings. The van der Waals surface area contributed by atoms with Crippen LogP contribution in [0.5, 0.6) is 0 Å². The lowest BCUT2D eigenvalue weighted by molar-refractivity contribution is 0.418. The fraction of sp³-hybridized carbons (Fsp3) is 0.350.